The Hall–Kier alpha value is -0.0800. The van der Waals surface area contributed by atoms with Gasteiger partial charge in [-0.3, -0.25) is 4.90 Å². The van der Waals surface area contributed by atoms with E-state index in [1.165, 1.54) is 19.3 Å². The minimum atomic E-state index is 0.700. The molecule has 0 amide bonds. The second-order valence-electron chi connectivity index (χ2n) is 6.80. The van der Waals surface area contributed by atoms with E-state index in [1.54, 1.807) is 0 Å². The molecule has 0 bridgehead atoms. The Morgan fingerprint density at radius 1 is 1.11 bits per heavy atom. The van der Waals surface area contributed by atoms with Gasteiger partial charge in [-0.2, -0.15) is 0 Å². The van der Waals surface area contributed by atoms with Crippen LogP contribution in [-0.4, -0.2) is 36.1 Å². The highest BCUT2D eigenvalue weighted by Gasteiger charge is 2.35. The van der Waals surface area contributed by atoms with Crippen molar-refractivity contribution in [3.63, 3.8) is 0 Å². The maximum absolute atomic E-state index is 3.67. The maximum Gasteiger partial charge on any atom is 0.0249 e. The molecule has 2 nitrogen and oxygen atoms in total. The van der Waals surface area contributed by atoms with Gasteiger partial charge in [0.1, 0.15) is 0 Å². The first-order valence-corrected chi connectivity index (χ1v) is 7.95. The van der Waals surface area contributed by atoms with E-state index in [2.05, 4.69) is 51.8 Å². The van der Waals surface area contributed by atoms with Gasteiger partial charge in [0.2, 0.25) is 0 Å². The quantitative estimate of drug-likeness (QED) is 0.748. The predicted octanol–water partition coefficient (Wildman–Crippen LogP) is 3.52. The number of likely N-dealkylation sites (tertiary alicyclic amines) is 1. The lowest BCUT2D eigenvalue weighted by Gasteiger charge is -2.39. The molecule has 3 atom stereocenters. The summed E-state index contributed by atoms with van der Waals surface area (Å²) < 4.78 is 0. The molecule has 0 saturated carbocycles. The summed E-state index contributed by atoms with van der Waals surface area (Å²) in [6, 6.07) is 2.28. The molecular weight excluding hydrogens is 220 g/mol. The van der Waals surface area contributed by atoms with Crippen molar-refractivity contribution in [1.82, 2.24) is 10.2 Å². The van der Waals surface area contributed by atoms with Gasteiger partial charge >= 0.3 is 0 Å². The number of nitrogens with one attached hydrogen (secondary N) is 1. The lowest BCUT2D eigenvalue weighted by molar-refractivity contribution is 0.0983. The van der Waals surface area contributed by atoms with E-state index in [0.717, 1.165) is 37.0 Å². The van der Waals surface area contributed by atoms with Crippen molar-refractivity contribution in [1.29, 1.82) is 0 Å². The molecule has 0 spiro atoms. The lowest BCUT2D eigenvalue weighted by atomic mass is 9.99. The number of rotatable bonds is 7. The van der Waals surface area contributed by atoms with E-state index >= 15 is 0 Å². The van der Waals surface area contributed by atoms with Crippen LogP contribution < -0.4 is 5.32 Å². The average molecular weight is 254 g/mol. The molecule has 0 radical (unpaired) electrons. The Labute approximate surface area is 115 Å². The van der Waals surface area contributed by atoms with Gasteiger partial charge in [-0.15, -0.1) is 0 Å². The summed E-state index contributed by atoms with van der Waals surface area (Å²) in [6.45, 7) is 16.4. The number of nitrogens with zero attached hydrogens (tertiary/aromatic N) is 1. The molecule has 0 aromatic carbocycles. The van der Waals surface area contributed by atoms with Gasteiger partial charge in [-0.25, -0.2) is 0 Å². The maximum atomic E-state index is 3.67. The molecule has 0 aromatic rings. The van der Waals surface area contributed by atoms with Crippen LogP contribution in [0.25, 0.3) is 0 Å². The molecule has 1 aliphatic heterocycles. The zero-order valence-corrected chi connectivity index (χ0v) is 13.4. The van der Waals surface area contributed by atoms with Crippen molar-refractivity contribution < 1.29 is 0 Å². The number of hydrogen-bond donors (Lipinski definition) is 1. The minimum Gasteiger partial charge on any atom is -0.315 e. The van der Waals surface area contributed by atoms with Gasteiger partial charge in [0.25, 0.3) is 0 Å². The Morgan fingerprint density at radius 2 is 1.78 bits per heavy atom. The van der Waals surface area contributed by atoms with Crippen molar-refractivity contribution in [3.8, 4) is 0 Å². The first kappa shape index (κ1) is 16.0. The van der Waals surface area contributed by atoms with Crippen LogP contribution in [0.5, 0.6) is 0 Å². The first-order chi connectivity index (χ1) is 8.47. The molecule has 1 fully saturated rings. The molecular formula is C16H34N2. The van der Waals surface area contributed by atoms with Crippen LogP contribution in [0.1, 0.15) is 60.8 Å². The van der Waals surface area contributed by atoms with E-state index in [9.17, 15) is 0 Å². The highest BCUT2D eigenvalue weighted by atomic mass is 15.2. The molecule has 1 aliphatic rings. The van der Waals surface area contributed by atoms with Crippen molar-refractivity contribution >= 4 is 0 Å². The van der Waals surface area contributed by atoms with Crippen LogP contribution in [0.2, 0.25) is 0 Å². The SMILES string of the molecule is CCC1CCC(C)N1C(CNCC(C)C)C(C)C. The van der Waals surface area contributed by atoms with Gasteiger partial charge in [-0.1, -0.05) is 34.6 Å². The summed E-state index contributed by atoms with van der Waals surface area (Å²) in [6.07, 6.45) is 4.08. The topological polar surface area (TPSA) is 15.3 Å². The molecule has 0 aromatic heterocycles. The molecule has 2 heteroatoms. The Kier molecular flexibility index (Phi) is 6.65. The van der Waals surface area contributed by atoms with Crippen LogP contribution in [-0.2, 0) is 0 Å². The molecule has 108 valence electrons. The third-order valence-electron chi connectivity index (χ3n) is 4.38. The highest BCUT2D eigenvalue weighted by Crippen LogP contribution is 2.30. The standard InChI is InChI=1S/C16H34N2/c1-7-15-9-8-14(6)18(15)16(13(4)5)11-17-10-12(2)3/h12-17H,7-11H2,1-6H3. The van der Waals surface area contributed by atoms with Gasteiger partial charge in [0.15, 0.2) is 0 Å². The normalized spacial score (nSPS) is 27.3. The van der Waals surface area contributed by atoms with Crippen LogP contribution >= 0.6 is 0 Å². The first-order valence-electron chi connectivity index (χ1n) is 7.95. The van der Waals surface area contributed by atoms with Crippen LogP contribution in [0.3, 0.4) is 0 Å². The summed E-state index contributed by atoms with van der Waals surface area (Å²) in [7, 11) is 0. The van der Waals surface area contributed by atoms with E-state index in [4.69, 9.17) is 0 Å². The molecule has 1 rings (SSSR count). The van der Waals surface area contributed by atoms with Gasteiger partial charge < -0.3 is 5.32 Å². The predicted molar refractivity (Wildman–Crippen MR) is 80.9 cm³/mol. The fraction of sp³-hybridized carbons (Fsp3) is 1.00. The fourth-order valence-electron chi connectivity index (χ4n) is 3.31. The van der Waals surface area contributed by atoms with Crippen LogP contribution in [0, 0.1) is 11.8 Å². The van der Waals surface area contributed by atoms with Crippen molar-refractivity contribution in [2.75, 3.05) is 13.1 Å². The monoisotopic (exact) mass is 254 g/mol. The average Bonchev–Trinajstić information content (AvgIpc) is 2.65. The summed E-state index contributed by atoms with van der Waals surface area (Å²) in [5, 5.41) is 3.67. The largest absolute Gasteiger partial charge is 0.315 e. The third-order valence-corrected chi connectivity index (χ3v) is 4.38. The van der Waals surface area contributed by atoms with Crippen molar-refractivity contribution in [3.05, 3.63) is 0 Å². The fourth-order valence-corrected chi connectivity index (χ4v) is 3.31. The third kappa shape index (κ3) is 4.24. The van der Waals surface area contributed by atoms with E-state index in [0.29, 0.717) is 6.04 Å². The molecule has 1 saturated heterocycles. The lowest BCUT2D eigenvalue weighted by Crippen LogP contribution is -2.50. The Balaban J connectivity index is 2.59. The zero-order chi connectivity index (χ0) is 13.7. The van der Waals surface area contributed by atoms with Crippen molar-refractivity contribution in [2.24, 2.45) is 11.8 Å². The second kappa shape index (κ2) is 7.49. The summed E-state index contributed by atoms with van der Waals surface area (Å²) in [5.41, 5.74) is 0. The molecule has 1 N–H and O–H groups in total. The molecule has 3 unspecified atom stereocenters. The Bertz CT molecular complexity index is 225. The minimum absolute atomic E-state index is 0.700. The van der Waals surface area contributed by atoms with E-state index < -0.39 is 0 Å². The van der Waals surface area contributed by atoms with Crippen LogP contribution in [0.4, 0.5) is 0 Å². The summed E-state index contributed by atoms with van der Waals surface area (Å²) >= 11 is 0. The highest BCUT2D eigenvalue weighted by molar-refractivity contribution is 4.91. The van der Waals surface area contributed by atoms with Crippen molar-refractivity contribution in [2.45, 2.75) is 78.9 Å². The van der Waals surface area contributed by atoms with E-state index in [-0.39, 0.29) is 0 Å². The van der Waals surface area contributed by atoms with Gasteiger partial charge in [0, 0.05) is 24.7 Å². The smallest absolute Gasteiger partial charge is 0.0249 e. The number of hydrogen-bond acceptors (Lipinski definition) is 2. The zero-order valence-electron chi connectivity index (χ0n) is 13.4. The summed E-state index contributed by atoms with van der Waals surface area (Å²) in [4.78, 5) is 2.80. The van der Waals surface area contributed by atoms with Gasteiger partial charge in [-0.05, 0) is 44.6 Å². The van der Waals surface area contributed by atoms with Gasteiger partial charge in [0.05, 0.1) is 0 Å². The molecule has 1 heterocycles. The Morgan fingerprint density at radius 3 is 2.28 bits per heavy atom. The summed E-state index contributed by atoms with van der Waals surface area (Å²) in [5.74, 6) is 1.48. The van der Waals surface area contributed by atoms with Crippen LogP contribution in [0.15, 0.2) is 0 Å². The molecule has 18 heavy (non-hydrogen) atoms. The second-order valence-corrected chi connectivity index (χ2v) is 6.80. The van der Waals surface area contributed by atoms with E-state index in [1.807, 2.05) is 0 Å². The molecule has 0 aliphatic carbocycles.